The van der Waals surface area contributed by atoms with E-state index in [1.807, 2.05) is 0 Å². The van der Waals surface area contributed by atoms with Crippen LogP contribution >= 0.6 is 0 Å². The molecule has 1 aliphatic heterocycles. The molecule has 32 heavy (non-hydrogen) atoms. The molecule has 0 radical (unpaired) electrons. The highest BCUT2D eigenvalue weighted by Gasteiger charge is 2.61. The molecule has 3 amide bonds. The van der Waals surface area contributed by atoms with Crippen molar-refractivity contribution in [1.29, 1.82) is 0 Å². The summed E-state index contributed by atoms with van der Waals surface area (Å²) in [7, 11) is 0. The molecule has 1 heterocycles. The Kier molecular flexibility index (Phi) is 7.44. The topological polar surface area (TPSA) is 162 Å². The molecular formula is C21H27N3O8. The van der Waals surface area contributed by atoms with Crippen LogP contribution in [0.2, 0.25) is 0 Å². The van der Waals surface area contributed by atoms with E-state index in [-0.39, 0.29) is 6.42 Å². The first-order valence-corrected chi connectivity index (χ1v) is 9.93. The summed E-state index contributed by atoms with van der Waals surface area (Å²) >= 11 is 0. The number of nitrogens with zero attached hydrogens (tertiary/aromatic N) is 1. The normalized spacial score (nSPS) is 19.3. The third-order valence-electron chi connectivity index (χ3n) is 4.59. The summed E-state index contributed by atoms with van der Waals surface area (Å²) in [5.74, 6) is -4.45. The number of alkyl carbamates (subject to hydrolysis) is 1. The van der Waals surface area contributed by atoms with Gasteiger partial charge in [-0.2, -0.15) is 0 Å². The van der Waals surface area contributed by atoms with Crippen molar-refractivity contribution in [3.63, 3.8) is 0 Å². The van der Waals surface area contributed by atoms with Gasteiger partial charge in [0.1, 0.15) is 17.7 Å². The smallest absolute Gasteiger partial charge is 0.408 e. The predicted octanol–water partition coefficient (Wildman–Crippen LogP) is 0.376. The minimum absolute atomic E-state index is 0.103. The van der Waals surface area contributed by atoms with Crippen molar-refractivity contribution in [3.05, 3.63) is 35.9 Å². The molecule has 11 heteroatoms. The molecule has 1 aliphatic rings. The van der Waals surface area contributed by atoms with Crippen LogP contribution in [0.4, 0.5) is 4.79 Å². The lowest BCUT2D eigenvalue weighted by Crippen LogP contribution is -2.53. The molecule has 0 aromatic heterocycles. The number of carbonyl (C=O) groups excluding carboxylic acids is 3. The number of hydrogen-bond donors (Lipinski definition) is 4. The number of aliphatic carboxylic acids is 2. The van der Waals surface area contributed by atoms with Gasteiger partial charge in [-0.1, -0.05) is 30.3 Å². The van der Waals surface area contributed by atoms with Crippen LogP contribution in [-0.2, 0) is 30.3 Å². The van der Waals surface area contributed by atoms with Crippen molar-refractivity contribution >= 4 is 29.8 Å². The van der Waals surface area contributed by atoms with Crippen LogP contribution < -0.4 is 10.6 Å². The number of amides is 3. The number of ether oxygens (including phenoxy) is 1. The van der Waals surface area contributed by atoms with Crippen molar-refractivity contribution < 1.29 is 38.9 Å². The molecule has 1 fully saturated rings. The minimum Gasteiger partial charge on any atom is -0.480 e. The summed E-state index contributed by atoms with van der Waals surface area (Å²) in [5.41, 5.74) is -0.0524. The second-order valence-electron chi connectivity index (χ2n) is 8.43. The molecule has 11 nitrogen and oxygen atoms in total. The third-order valence-corrected chi connectivity index (χ3v) is 4.59. The van der Waals surface area contributed by atoms with E-state index in [0.29, 0.717) is 4.90 Å². The number of nitrogens with one attached hydrogen (secondary N) is 2. The van der Waals surface area contributed by atoms with Gasteiger partial charge >= 0.3 is 18.0 Å². The summed E-state index contributed by atoms with van der Waals surface area (Å²) < 4.78 is 5.20. The summed E-state index contributed by atoms with van der Waals surface area (Å²) in [6, 6.07) is 3.56. The molecule has 0 aliphatic carbocycles. The van der Waals surface area contributed by atoms with Gasteiger partial charge in [-0.05, 0) is 33.3 Å². The van der Waals surface area contributed by atoms with Gasteiger partial charge in [-0.3, -0.25) is 9.59 Å². The summed E-state index contributed by atoms with van der Waals surface area (Å²) in [6.45, 7) is 6.31. The third kappa shape index (κ3) is 6.43. The van der Waals surface area contributed by atoms with Gasteiger partial charge in [0, 0.05) is 6.42 Å². The van der Waals surface area contributed by atoms with Gasteiger partial charge in [0.05, 0.1) is 0 Å². The van der Waals surface area contributed by atoms with Crippen molar-refractivity contribution in [2.75, 3.05) is 0 Å². The Morgan fingerprint density at radius 3 is 2.00 bits per heavy atom. The molecule has 0 bridgehead atoms. The Balaban J connectivity index is 2.10. The first kappa shape index (κ1) is 24.6. The van der Waals surface area contributed by atoms with Crippen molar-refractivity contribution in [2.24, 2.45) is 0 Å². The number of hydrogen-bond acceptors (Lipinski definition) is 6. The number of carboxylic acids is 2. The lowest BCUT2D eigenvalue weighted by molar-refractivity contribution is -0.140. The maximum atomic E-state index is 12.9. The molecule has 0 saturated carbocycles. The maximum absolute atomic E-state index is 12.9. The van der Waals surface area contributed by atoms with Crippen LogP contribution in [0.3, 0.4) is 0 Å². The van der Waals surface area contributed by atoms with Gasteiger partial charge in [-0.25, -0.2) is 14.4 Å². The van der Waals surface area contributed by atoms with Crippen molar-refractivity contribution in [3.8, 4) is 0 Å². The molecule has 0 unspecified atom stereocenters. The molecule has 1 saturated heterocycles. The zero-order valence-electron chi connectivity index (χ0n) is 18.2. The molecule has 2 rings (SSSR count). The largest absolute Gasteiger partial charge is 0.480 e. The van der Waals surface area contributed by atoms with Gasteiger partial charge in [0.2, 0.25) is 11.8 Å². The number of benzene rings is 1. The Hall–Kier alpha value is -3.63. The second kappa shape index (κ2) is 9.67. The van der Waals surface area contributed by atoms with E-state index >= 15 is 0 Å². The zero-order chi connectivity index (χ0) is 24.2. The van der Waals surface area contributed by atoms with E-state index in [1.54, 1.807) is 51.1 Å². The van der Waals surface area contributed by atoms with Crippen LogP contribution in [0.5, 0.6) is 0 Å². The van der Waals surface area contributed by atoms with E-state index in [4.69, 9.17) is 14.9 Å². The van der Waals surface area contributed by atoms with Crippen LogP contribution in [0, 0.1) is 0 Å². The minimum atomic E-state index is -1.49. The quantitative estimate of drug-likeness (QED) is 0.414. The highest BCUT2D eigenvalue weighted by atomic mass is 16.6. The first-order valence-electron chi connectivity index (χ1n) is 9.93. The van der Waals surface area contributed by atoms with Crippen molar-refractivity contribution in [2.45, 2.75) is 63.9 Å². The Bertz CT molecular complexity index is 876. The molecule has 0 spiro atoms. The Morgan fingerprint density at radius 1 is 1.00 bits per heavy atom. The molecule has 4 N–H and O–H groups in total. The lowest BCUT2D eigenvalue weighted by atomic mass is 10.0. The molecule has 4 atom stereocenters. The van der Waals surface area contributed by atoms with Crippen LogP contribution in [0.25, 0.3) is 0 Å². The highest BCUT2D eigenvalue weighted by Crippen LogP contribution is 2.29. The van der Waals surface area contributed by atoms with Gasteiger partial charge in [0.25, 0.3) is 0 Å². The highest BCUT2D eigenvalue weighted by molar-refractivity contribution is 6.02. The average Bonchev–Trinajstić information content (AvgIpc) is 3.42. The predicted molar refractivity (Wildman–Crippen MR) is 111 cm³/mol. The fourth-order valence-corrected chi connectivity index (χ4v) is 3.12. The first-order chi connectivity index (χ1) is 14.8. The SMILES string of the molecule is C[C@H](NC(=O)[C@H](Cc1ccccc1)NC(=O)OC(C)(C)C)C(=O)N1[C@H](C(=O)O)[C@H]1C(=O)O. The fraction of sp³-hybridized carbons (Fsp3) is 0.476. The molecule has 174 valence electrons. The lowest BCUT2D eigenvalue weighted by Gasteiger charge is -2.24. The zero-order valence-corrected chi connectivity index (χ0v) is 18.2. The fourth-order valence-electron chi connectivity index (χ4n) is 3.12. The molecule has 1 aromatic rings. The number of rotatable bonds is 8. The van der Waals surface area contributed by atoms with Crippen molar-refractivity contribution in [1.82, 2.24) is 15.5 Å². The van der Waals surface area contributed by atoms with E-state index in [2.05, 4.69) is 10.6 Å². The van der Waals surface area contributed by atoms with E-state index < -0.39 is 59.6 Å². The van der Waals surface area contributed by atoms with Crippen LogP contribution in [0.1, 0.15) is 33.3 Å². The van der Waals surface area contributed by atoms with Gasteiger partial charge in [0.15, 0.2) is 12.1 Å². The standard InChI is InChI=1S/C21H27N3O8/c1-11(17(26)24-14(18(27)28)15(24)19(29)30)22-16(25)13(10-12-8-6-5-7-9-12)23-20(31)32-21(2,3)4/h5-9,11,13-15H,10H2,1-4H3,(H,22,25)(H,23,31)(H,27,28)(H,29,30)/t11-,13-,14-,15-/m0/s1. The Morgan fingerprint density at radius 2 is 1.53 bits per heavy atom. The van der Waals surface area contributed by atoms with E-state index in [9.17, 15) is 24.0 Å². The number of carboxylic acid groups (broad SMARTS) is 2. The maximum Gasteiger partial charge on any atom is 0.408 e. The van der Waals surface area contributed by atoms with E-state index in [1.165, 1.54) is 6.92 Å². The monoisotopic (exact) mass is 449 g/mol. The summed E-state index contributed by atoms with van der Waals surface area (Å²) in [6.07, 6.45) is -0.720. The van der Waals surface area contributed by atoms with Gasteiger partial charge in [-0.15, -0.1) is 0 Å². The molecular weight excluding hydrogens is 422 g/mol. The summed E-state index contributed by atoms with van der Waals surface area (Å²) in [5, 5.41) is 23.1. The summed E-state index contributed by atoms with van der Waals surface area (Å²) in [4.78, 5) is 60.6. The molecule has 1 aromatic carbocycles. The second-order valence-corrected chi connectivity index (χ2v) is 8.43. The van der Waals surface area contributed by atoms with Crippen LogP contribution in [-0.4, -0.2) is 74.7 Å². The average molecular weight is 449 g/mol. The number of carbonyl (C=O) groups is 5. The Labute approximate surface area is 184 Å². The van der Waals surface area contributed by atoms with Crippen LogP contribution in [0.15, 0.2) is 30.3 Å². The van der Waals surface area contributed by atoms with Gasteiger partial charge < -0.3 is 30.5 Å². The van der Waals surface area contributed by atoms with E-state index in [0.717, 1.165) is 5.56 Å².